The van der Waals surface area contributed by atoms with Crippen LogP contribution in [0.4, 0.5) is 5.69 Å². The van der Waals surface area contributed by atoms with E-state index in [2.05, 4.69) is 34.5 Å². The number of para-hydroxylation sites is 1. The molecule has 2 heterocycles. The molecule has 1 aromatic rings. The number of piperidine rings is 1. The van der Waals surface area contributed by atoms with Crippen LogP contribution in [-0.2, 0) is 11.2 Å². The van der Waals surface area contributed by atoms with Crippen molar-refractivity contribution in [1.29, 1.82) is 0 Å². The number of fused-ring (bicyclic) bond motifs is 1. The molecule has 0 aromatic heterocycles. The molecule has 0 amide bonds. The summed E-state index contributed by atoms with van der Waals surface area (Å²) in [5, 5.41) is 3.34. The summed E-state index contributed by atoms with van der Waals surface area (Å²) in [5.74, 6) is 0.353. The molecular weight excluding hydrogens is 224 g/mol. The standard InChI is InChI=1S/C15H20N2O/c18-15(13-6-3-4-9-16-13)11-17-10-8-12-5-1-2-7-14(12)17/h1-2,5,7,13,16H,3-4,6,8-11H2. The molecule has 2 aliphatic rings. The van der Waals surface area contributed by atoms with Gasteiger partial charge in [0.1, 0.15) is 0 Å². The number of carbonyl (C=O) groups is 1. The minimum atomic E-state index is 0.0894. The van der Waals surface area contributed by atoms with Gasteiger partial charge in [-0.05, 0) is 37.4 Å². The quantitative estimate of drug-likeness (QED) is 0.879. The molecule has 0 saturated carbocycles. The lowest BCUT2D eigenvalue weighted by atomic mass is 10.0. The van der Waals surface area contributed by atoms with Gasteiger partial charge in [-0.3, -0.25) is 4.79 Å². The summed E-state index contributed by atoms with van der Waals surface area (Å²) in [6, 6.07) is 8.52. The summed E-state index contributed by atoms with van der Waals surface area (Å²) in [4.78, 5) is 14.5. The fourth-order valence-electron chi connectivity index (χ4n) is 3.00. The molecule has 1 aromatic carbocycles. The van der Waals surface area contributed by atoms with Gasteiger partial charge in [0, 0.05) is 12.2 Å². The van der Waals surface area contributed by atoms with Crippen molar-refractivity contribution in [2.24, 2.45) is 0 Å². The van der Waals surface area contributed by atoms with Gasteiger partial charge >= 0.3 is 0 Å². The molecule has 0 aliphatic carbocycles. The fourth-order valence-corrected chi connectivity index (χ4v) is 3.00. The Hall–Kier alpha value is -1.35. The second kappa shape index (κ2) is 5.11. The summed E-state index contributed by atoms with van der Waals surface area (Å²) < 4.78 is 0. The third-order valence-corrected chi connectivity index (χ3v) is 4.03. The maximum Gasteiger partial charge on any atom is 0.168 e. The van der Waals surface area contributed by atoms with Crippen LogP contribution in [-0.4, -0.2) is 31.5 Å². The van der Waals surface area contributed by atoms with E-state index in [0.717, 1.165) is 25.9 Å². The monoisotopic (exact) mass is 244 g/mol. The van der Waals surface area contributed by atoms with Gasteiger partial charge in [-0.1, -0.05) is 24.6 Å². The maximum atomic E-state index is 12.3. The lowest BCUT2D eigenvalue weighted by molar-refractivity contribution is -0.120. The molecule has 1 N–H and O–H groups in total. The Morgan fingerprint density at radius 3 is 3.06 bits per heavy atom. The van der Waals surface area contributed by atoms with Crippen molar-refractivity contribution in [2.75, 3.05) is 24.5 Å². The van der Waals surface area contributed by atoms with Gasteiger partial charge in [-0.25, -0.2) is 0 Å². The minimum absolute atomic E-state index is 0.0894. The molecule has 1 saturated heterocycles. The highest BCUT2D eigenvalue weighted by atomic mass is 16.1. The molecule has 18 heavy (non-hydrogen) atoms. The van der Waals surface area contributed by atoms with Gasteiger partial charge in [0.15, 0.2) is 5.78 Å². The first-order chi connectivity index (χ1) is 8.84. The Morgan fingerprint density at radius 2 is 2.22 bits per heavy atom. The van der Waals surface area contributed by atoms with E-state index in [4.69, 9.17) is 0 Å². The van der Waals surface area contributed by atoms with Crippen LogP contribution in [0.25, 0.3) is 0 Å². The first kappa shape index (κ1) is 11.7. The highest BCUT2D eigenvalue weighted by Crippen LogP contribution is 2.27. The van der Waals surface area contributed by atoms with Crippen LogP contribution in [0.2, 0.25) is 0 Å². The number of ketones is 1. The zero-order valence-corrected chi connectivity index (χ0v) is 10.7. The Morgan fingerprint density at radius 1 is 1.33 bits per heavy atom. The minimum Gasteiger partial charge on any atom is -0.364 e. The van der Waals surface area contributed by atoms with Gasteiger partial charge in [-0.15, -0.1) is 0 Å². The molecule has 1 atom stereocenters. The summed E-state index contributed by atoms with van der Waals surface area (Å²) >= 11 is 0. The molecule has 0 radical (unpaired) electrons. The third kappa shape index (κ3) is 2.27. The summed E-state index contributed by atoms with van der Waals surface area (Å²) in [5.41, 5.74) is 2.63. The average molecular weight is 244 g/mol. The van der Waals surface area contributed by atoms with Crippen LogP contribution < -0.4 is 10.2 Å². The van der Waals surface area contributed by atoms with Crippen LogP contribution >= 0.6 is 0 Å². The molecule has 1 fully saturated rings. The second-order valence-electron chi connectivity index (χ2n) is 5.27. The number of nitrogens with one attached hydrogen (secondary N) is 1. The van der Waals surface area contributed by atoms with Crippen molar-refractivity contribution in [3.05, 3.63) is 29.8 Å². The fraction of sp³-hybridized carbons (Fsp3) is 0.533. The highest BCUT2D eigenvalue weighted by molar-refractivity contribution is 5.89. The van der Waals surface area contributed by atoms with Gasteiger partial charge < -0.3 is 10.2 Å². The van der Waals surface area contributed by atoms with E-state index in [-0.39, 0.29) is 6.04 Å². The summed E-state index contributed by atoms with van der Waals surface area (Å²) in [7, 11) is 0. The molecule has 3 heteroatoms. The zero-order chi connectivity index (χ0) is 12.4. The molecule has 3 rings (SSSR count). The lowest BCUT2D eigenvalue weighted by Gasteiger charge is -2.25. The maximum absolute atomic E-state index is 12.3. The van der Waals surface area contributed by atoms with Crippen LogP contribution in [0.3, 0.4) is 0 Å². The van der Waals surface area contributed by atoms with Crippen molar-refractivity contribution in [2.45, 2.75) is 31.7 Å². The van der Waals surface area contributed by atoms with Crippen molar-refractivity contribution in [1.82, 2.24) is 5.32 Å². The van der Waals surface area contributed by atoms with Crippen LogP contribution in [0.15, 0.2) is 24.3 Å². The van der Waals surface area contributed by atoms with Crippen LogP contribution in [0.5, 0.6) is 0 Å². The van der Waals surface area contributed by atoms with E-state index in [1.54, 1.807) is 0 Å². The number of hydrogen-bond acceptors (Lipinski definition) is 3. The second-order valence-corrected chi connectivity index (χ2v) is 5.27. The van der Waals surface area contributed by atoms with Gasteiger partial charge in [0.05, 0.1) is 12.6 Å². The number of nitrogens with zero attached hydrogens (tertiary/aromatic N) is 1. The number of benzene rings is 1. The number of rotatable bonds is 3. The van der Waals surface area contributed by atoms with E-state index < -0.39 is 0 Å². The number of anilines is 1. The Bertz CT molecular complexity index is 438. The number of Topliss-reactive ketones (excluding diaryl/α,β-unsaturated/α-hetero) is 1. The molecule has 0 spiro atoms. The topological polar surface area (TPSA) is 32.3 Å². The largest absolute Gasteiger partial charge is 0.364 e. The van der Waals surface area contributed by atoms with Crippen LogP contribution in [0.1, 0.15) is 24.8 Å². The van der Waals surface area contributed by atoms with E-state index in [0.29, 0.717) is 12.3 Å². The lowest BCUT2D eigenvalue weighted by Crippen LogP contribution is -2.45. The van der Waals surface area contributed by atoms with Crippen molar-refractivity contribution < 1.29 is 4.79 Å². The molecular formula is C15H20N2O. The zero-order valence-electron chi connectivity index (χ0n) is 10.7. The molecule has 0 bridgehead atoms. The predicted molar refractivity (Wildman–Crippen MR) is 73.0 cm³/mol. The Labute approximate surface area is 108 Å². The van der Waals surface area contributed by atoms with Crippen molar-refractivity contribution in [3.63, 3.8) is 0 Å². The summed E-state index contributed by atoms with van der Waals surface area (Å²) in [6.07, 6.45) is 4.46. The van der Waals surface area contributed by atoms with Crippen molar-refractivity contribution in [3.8, 4) is 0 Å². The van der Waals surface area contributed by atoms with Gasteiger partial charge in [-0.2, -0.15) is 0 Å². The molecule has 1 unspecified atom stereocenters. The smallest absolute Gasteiger partial charge is 0.168 e. The third-order valence-electron chi connectivity index (χ3n) is 4.03. The van der Waals surface area contributed by atoms with Crippen molar-refractivity contribution >= 4 is 11.5 Å². The molecule has 3 nitrogen and oxygen atoms in total. The highest BCUT2D eigenvalue weighted by Gasteiger charge is 2.25. The number of carbonyl (C=O) groups excluding carboxylic acids is 1. The SMILES string of the molecule is O=C(CN1CCc2ccccc21)C1CCCCN1. The summed E-state index contributed by atoms with van der Waals surface area (Å²) in [6.45, 7) is 2.54. The van der Waals surface area contributed by atoms with E-state index in [9.17, 15) is 4.79 Å². The first-order valence-corrected chi connectivity index (χ1v) is 6.93. The van der Waals surface area contributed by atoms with E-state index >= 15 is 0 Å². The Kier molecular flexibility index (Phi) is 3.33. The predicted octanol–water partition coefficient (Wildman–Crippen LogP) is 1.76. The molecule has 2 aliphatic heterocycles. The Balaban J connectivity index is 1.65. The first-order valence-electron chi connectivity index (χ1n) is 6.93. The van der Waals surface area contributed by atoms with Crippen LogP contribution in [0, 0.1) is 0 Å². The van der Waals surface area contributed by atoms with E-state index in [1.807, 2.05) is 0 Å². The normalized spacial score (nSPS) is 22.9. The molecule has 96 valence electrons. The average Bonchev–Trinajstić information content (AvgIpc) is 2.83. The number of hydrogen-bond donors (Lipinski definition) is 1. The van der Waals surface area contributed by atoms with E-state index in [1.165, 1.54) is 24.1 Å². The van der Waals surface area contributed by atoms with Gasteiger partial charge in [0.2, 0.25) is 0 Å². The van der Waals surface area contributed by atoms with Gasteiger partial charge in [0.25, 0.3) is 0 Å².